The van der Waals surface area contributed by atoms with E-state index in [1.54, 1.807) is 24.3 Å². The van der Waals surface area contributed by atoms with Crippen LogP contribution in [0.5, 0.6) is 23.0 Å². The fourth-order valence-corrected chi connectivity index (χ4v) is 7.02. The molecule has 4 aromatic rings. The van der Waals surface area contributed by atoms with Gasteiger partial charge >= 0.3 is 0 Å². The van der Waals surface area contributed by atoms with E-state index in [0.717, 1.165) is 9.87 Å². The molecule has 0 saturated heterocycles. The molecule has 0 spiro atoms. The number of nitrogens with zero attached hydrogens (tertiary/aromatic N) is 2. The van der Waals surface area contributed by atoms with E-state index in [9.17, 15) is 18.0 Å². The van der Waals surface area contributed by atoms with Gasteiger partial charge in [-0.1, -0.05) is 67.9 Å². The third-order valence-electron chi connectivity index (χ3n) is 8.07. The molecule has 51 heavy (non-hydrogen) atoms. The lowest BCUT2D eigenvalue weighted by Gasteiger charge is -2.34. The van der Waals surface area contributed by atoms with Crippen LogP contribution < -0.4 is 28.6 Å². The fraction of sp³-hybridized carbons (Fsp3) is 0.316. The Balaban J connectivity index is 1.89. The Labute approximate surface area is 305 Å². The van der Waals surface area contributed by atoms with E-state index in [0.29, 0.717) is 23.6 Å². The number of benzene rings is 4. The van der Waals surface area contributed by atoms with Gasteiger partial charge < -0.3 is 29.2 Å². The topological polar surface area (TPSA) is 124 Å². The highest BCUT2D eigenvalue weighted by atomic mass is 35.5. The van der Waals surface area contributed by atoms with Gasteiger partial charge in [0.2, 0.25) is 11.8 Å². The number of ether oxygens (including phenoxy) is 4. The predicted octanol–water partition coefficient (Wildman–Crippen LogP) is 5.98. The van der Waals surface area contributed by atoms with Gasteiger partial charge in [0, 0.05) is 30.6 Å². The van der Waals surface area contributed by atoms with Gasteiger partial charge in [0.05, 0.1) is 39.0 Å². The minimum absolute atomic E-state index is 0.0262. The number of amides is 2. The van der Waals surface area contributed by atoms with Crippen LogP contribution in [0.3, 0.4) is 0 Å². The number of carbonyl (C=O) groups excluding carboxylic acids is 2. The first-order valence-corrected chi connectivity index (χ1v) is 18.1. The molecule has 0 aliphatic rings. The summed E-state index contributed by atoms with van der Waals surface area (Å²) in [5.74, 6) is 0.331. The molecule has 11 nitrogen and oxygen atoms in total. The summed E-state index contributed by atoms with van der Waals surface area (Å²) in [5.41, 5.74) is 1.52. The van der Waals surface area contributed by atoms with Gasteiger partial charge in [-0.05, 0) is 59.5 Å². The monoisotopic (exact) mass is 737 g/mol. The summed E-state index contributed by atoms with van der Waals surface area (Å²) in [7, 11) is 1.25. The Morgan fingerprint density at radius 1 is 0.765 bits per heavy atom. The summed E-state index contributed by atoms with van der Waals surface area (Å²) in [6, 6.07) is 24.1. The SMILES string of the molecule is COc1cccc(CN(C(=O)CN(c2cc(Cl)ccc2OC)S(=O)(=O)c2ccc(OC)c(OC)c2)[C@H](Cc2ccccc2)C(=O)NCC(C)C)c1. The molecule has 272 valence electrons. The van der Waals surface area contributed by atoms with E-state index < -0.39 is 28.5 Å². The van der Waals surface area contributed by atoms with E-state index in [2.05, 4.69) is 5.32 Å². The quantitative estimate of drug-likeness (QED) is 0.140. The molecule has 13 heteroatoms. The molecule has 0 aromatic heterocycles. The fourth-order valence-electron chi connectivity index (χ4n) is 5.42. The maximum Gasteiger partial charge on any atom is 0.265 e. The third-order valence-corrected chi connectivity index (χ3v) is 10.1. The van der Waals surface area contributed by atoms with Crippen molar-refractivity contribution in [1.82, 2.24) is 10.2 Å². The largest absolute Gasteiger partial charge is 0.497 e. The number of hydrogen-bond acceptors (Lipinski definition) is 8. The lowest BCUT2D eigenvalue weighted by atomic mass is 10.0. The molecule has 0 aliphatic carbocycles. The van der Waals surface area contributed by atoms with Gasteiger partial charge in [-0.3, -0.25) is 13.9 Å². The summed E-state index contributed by atoms with van der Waals surface area (Å²) in [6.07, 6.45) is 0.170. The predicted molar refractivity (Wildman–Crippen MR) is 197 cm³/mol. The van der Waals surface area contributed by atoms with Crippen LogP contribution >= 0.6 is 11.6 Å². The highest BCUT2D eigenvalue weighted by Crippen LogP contribution is 2.37. The Bertz CT molecular complexity index is 1910. The molecule has 4 rings (SSSR count). The van der Waals surface area contributed by atoms with Crippen LogP contribution in [0.15, 0.2) is 95.9 Å². The van der Waals surface area contributed by atoms with Gasteiger partial charge in [0.15, 0.2) is 11.5 Å². The molecule has 2 amide bonds. The zero-order valence-electron chi connectivity index (χ0n) is 29.6. The van der Waals surface area contributed by atoms with E-state index in [1.165, 1.54) is 63.7 Å². The summed E-state index contributed by atoms with van der Waals surface area (Å²) in [6.45, 7) is 3.59. The van der Waals surface area contributed by atoms with Crippen molar-refractivity contribution in [1.29, 1.82) is 0 Å². The van der Waals surface area contributed by atoms with Crippen LogP contribution in [-0.2, 0) is 32.6 Å². The Morgan fingerprint density at radius 3 is 2.08 bits per heavy atom. The third kappa shape index (κ3) is 9.86. The van der Waals surface area contributed by atoms with Crippen LogP contribution in [0, 0.1) is 5.92 Å². The summed E-state index contributed by atoms with van der Waals surface area (Å²) in [4.78, 5) is 30.1. The van der Waals surface area contributed by atoms with Crippen molar-refractivity contribution in [2.75, 3.05) is 45.8 Å². The highest BCUT2D eigenvalue weighted by Gasteiger charge is 2.36. The van der Waals surface area contributed by atoms with Gasteiger partial charge in [0.1, 0.15) is 24.1 Å². The number of halogens is 1. The molecule has 1 N–H and O–H groups in total. The van der Waals surface area contributed by atoms with Gasteiger partial charge in [-0.2, -0.15) is 0 Å². The Hall–Kier alpha value is -4.94. The second-order valence-corrected chi connectivity index (χ2v) is 14.4. The molecule has 0 unspecified atom stereocenters. The molecule has 0 bridgehead atoms. The first-order chi connectivity index (χ1) is 24.4. The maximum absolute atomic E-state index is 14.8. The Morgan fingerprint density at radius 2 is 1.43 bits per heavy atom. The number of carbonyl (C=O) groups is 2. The summed E-state index contributed by atoms with van der Waals surface area (Å²) >= 11 is 6.41. The van der Waals surface area contributed by atoms with Gasteiger partial charge in [-0.25, -0.2) is 8.42 Å². The van der Waals surface area contributed by atoms with E-state index >= 15 is 0 Å². The first-order valence-electron chi connectivity index (χ1n) is 16.2. The molecule has 0 fully saturated rings. The zero-order valence-corrected chi connectivity index (χ0v) is 31.2. The smallest absolute Gasteiger partial charge is 0.265 e. The maximum atomic E-state index is 14.8. The average molecular weight is 738 g/mol. The molecule has 0 heterocycles. The van der Waals surface area contributed by atoms with Crippen molar-refractivity contribution in [3.63, 3.8) is 0 Å². The van der Waals surface area contributed by atoms with Gasteiger partial charge in [-0.15, -0.1) is 0 Å². The van der Waals surface area contributed by atoms with Crippen molar-refractivity contribution in [3.05, 3.63) is 107 Å². The summed E-state index contributed by atoms with van der Waals surface area (Å²) < 4.78 is 51.9. The van der Waals surface area contributed by atoms with Crippen LogP contribution in [-0.4, -0.2) is 72.7 Å². The van der Waals surface area contributed by atoms with Crippen LogP contribution in [0.25, 0.3) is 0 Å². The second kappa shape index (κ2) is 17.8. The first kappa shape index (κ1) is 38.9. The molecule has 0 aliphatic heterocycles. The molecule has 0 saturated carbocycles. The molecular formula is C38H44ClN3O8S. The van der Waals surface area contributed by atoms with Crippen LogP contribution in [0.1, 0.15) is 25.0 Å². The van der Waals surface area contributed by atoms with Crippen molar-refractivity contribution >= 4 is 39.1 Å². The zero-order chi connectivity index (χ0) is 37.1. The minimum atomic E-state index is -4.51. The second-order valence-electron chi connectivity index (χ2n) is 12.1. The normalized spacial score (nSPS) is 11.8. The highest BCUT2D eigenvalue weighted by molar-refractivity contribution is 7.92. The Kier molecular flexibility index (Phi) is 13.6. The lowest BCUT2D eigenvalue weighted by Crippen LogP contribution is -2.53. The van der Waals surface area contributed by atoms with Crippen LogP contribution in [0.2, 0.25) is 5.02 Å². The van der Waals surface area contributed by atoms with Crippen molar-refractivity contribution < 1.29 is 37.0 Å². The number of sulfonamides is 1. The van der Waals surface area contributed by atoms with Crippen molar-refractivity contribution in [2.45, 2.75) is 37.8 Å². The average Bonchev–Trinajstić information content (AvgIpc) is 3.14. The number of anilines is 1. The lowest BCUT2D eigenvalue weighted by molar-refractivity contribution is -0.140. The molecular weight excluding hydrogens is 694 g/mol. The number of methoxy groups -OCH3 is 4. The van der Waals surface area contributed by atoms with Crippen molar-refractivity contribution in [2.24, 2.45) is 5.92 Å². The minimum Gasteiger partial charge on any atom is -0.497 e. The number of hydrogen-bond donors (Lipinski definition) is 1. The van der Waals surface area contributed by atoms with E-state index in [4.69, 9.17) is 30.5 Å². The van der Waals surface area contributed by atoms with Crippen LogP contribution in [0.4, 0.5) is 5.69 Å². The van der Waals surface area contributed by atoms with E-state index in [-0.39, 0.29) is 51.9 Å². The molecule has 4 aromatic carbocycles. The number of rotatable bonds is 17. The number of nitrogens with one attached hydrogen (secondary N) is 1. The molecule has 0 radical (unpaired) electrons. The van der Waals surface area contributed by atoms with E-state index in [1.807, 2.05) is 50.2 Å². The standard InChI is InChI=1S/C38H44ClN3O8S/c1-26(2)23-40-38(44)33(20-27-11-8-7-9-12-27)41(24-28-13-10-14-30(19-28)47-3)37(43)25-42(32-21-29(39)15-17-34(32)48-4)51(45,46)31-16-18-35(49-5)36(22-31)50-6/h7-19,21-22,26,33H,20,23-25H2,1-6H3,(H,40,44)/t33-/m1/s1. The molecule has 1 atom stereocenters. The van der Waals surface area contributed by atoms with Crippen molar-refractivity contribution in [3.8, 4) is 23.0 Å². The van der Waals surface area contributed by atoms with Gasteiger partial charge in [0.25, 0.3) is 10.0 Å². The summed E-state index contributed by atoms with van der Waals surface area (Å²) in [5, 5.41) is 3.20.